The molecule has 0 N–H and O–H groups in total. The van der Waals surface area contributed by atoms with Gasteiger partial charge in [0.15, 0.2) is 0 Å². The van der Waals surface area contributed by atoms with Crippen LogP contribution in [0.4, 0.5) is 0 Å². The van der Waals surface area contributed by atoms with Crippen molar-refractivity contribution in [1.29, 1.82) is 0 Å². The molecule has 0 spiro atoms. The van der Waals surface area contributed by atoms with Crippen LogP contribution in [0.1, 0.15) is 33.6 Å². The Balaban J connectivity index is 1.95. The SMILES string of the molecule is CC1(C)[C@H]2C[C@@H]3OB(I)O[C@]3(C)[C@@H]1C2. The summed E-state index contributed by atoms with van der Waals surface area (Å²) in [4.78, 5) is -0.0299. The van der Waals surface area contributed by atoms with Crippen molar-refractivity contribution in [2.75, 3.05) is 0 Å². The molecule has 14 heavy (non-hydrogen) atoms. The van der Waals surface area contributed by atoms with Crippen molar-refractivity contribution in [2.24, 2.45) is 17.3 Å². The fourth-order valence-corrected chi connectivity index (χ4v) is 4.71. The minimum absolute atomic E-state index is 0.00981. The lowest BCUT2D eigenvalue weighted by Crippen LogP contribution is -2.65. The Bertz CT molecular complexity index is 283. The first kappa shape index (κ1) is 9.91. The molecule has 2 bridgehead atoms. The van der Waals surface area contributed by atoms with Crippen molar-refractivity contribution in [3.63, 3.8) is 0 Å². The summed E-state index contributed by atoms with van der Waals surface area (Å²) in [5, 5.41) is 0. The zero-order valence-electron chi connectivity index (χ0n) is 8.92. The summed E-state index contributed by atoms with van der Waals surface area (Å²) >= 11 is 2.24. The van der Waals surface area contributed by atoms with Gasteiger partial charge in [-0.1, -0.05) is 36.2 Å². The first-order chi connectivity index (χ1) is 6.44. The Labute approximate surface area is 99.1 Å². The van der Waals surface area contributed by atoms with Crippen LogP contribution in [-0.2, 0) is 9.31 Å². The van der Waals surface area contributed by atoms with Crippen LogP contribution in [0, 0.1) is 17.3 Å². The lowest BCUT2D eigenvalue weighted by Gasteiger charge is -2.64. The van der Waals surface area contributed by atoms with Gasteiger partial charge in [0.05, 0.1) is 11.7 Å². The number of rotatable bonds is 0. The quantitative estimate of drug-likeness (QED) is 0.506. The fourth-order valence-electron chi connectivity index (χ4n) is 3.81. The topological polar surface area (TPSA) is 18.5 Å². The van der Waals surface area contributed by atoms with Gasteiger partial charge in [-0.3, -0.25) is 0 Å². The van der Waals surface area contributed by atoms with E-state index in [4.69, 9.17) is 9.31 Å². The van der Waals surface area contributed by atoms with Gasteiger partial charge in [-0.05, 0) is 37.0 Å². The van der Waals surface area contributed by atoms with E-state index in [1.165, 1.54) is 12.8 Å². The predicted octanol–water partition coefficient (Wildman–Crippen LogP) is 2.65. The van der Waals surface area contributed by atoms with Gasteiger partial charge in [0, 0.05) is 0 Å². The summed E-state index contributed by atoms with van der Waals surface area (Å²) in [5.41, 5.74) is 0.458. The summed E-state index contributed by atoms with van der Waals surface area (Å²) in [7, 11) is 0. The number of halogens is 1. The number of hydrogen-bond donors (Lipinski definition) is 0. The molecule has 0 unspecified atom stereocenters. The highest BCUT2D eigenvalue weighted by molar-refractivity contribution is 14.1. The van der Waals surface area contributed by atoms with Crippen LogP contribution in [0.2, 0.25) is 0 Å². The molecule has 4 aliphatic rings. The zero-order valence-corrected chi connectivity index (χ0v) is 11.1. The van der Waals surface area contributed by atoms with Gasteiger partial charge < -0.3 is 9.31 Å². The molecule has 4 atom stereocenters. The monoisotopic (exact) mass is 306 g/mol. The third-order valence-corrected chi connectivity index (χ3v) is 5.47. The van der Waals surface area contributed by atoms with Crippen molar-refractivity contribution in [3.05, 3.63) is 0 Å². The van der Waals surface area contributed by atoms with Gasteiger partial charge in [0.1, 0.15) is 0 Å². The zero-order chi connectivity index (χ0) is 10.1. The van der Waals surface area contributed by atoms with Crippen molar-refractivity contribution in [2.45, 2.75) is 45.3 Å². The van der Waals surface area contributed by atoms with E-state index in [9.17, 15) is 0 Å². The molecule has 78 valence electrons. The fraction of sp³-hybridized carbons (Fsp3) is 1.00. The van der Waals surface area contributed by atoms with E-state index in [-0.39, 0.29) is 10.6 Å². The highest BCUT2D eigenvalue weighted by Crippen LogP contribution is 2.65. The molecule has 3 aliphatic carbocycles. The van der Waals surface area contributed by atoms with Crippen LogP contribution in [-0.4, -0.2) is 16.7 Å². The first-order valence-corrected chi connectivity index (χ1v) is 6.66. The maximum Gasteiger partial charge on any atom is 0.533 e. The predicted molar refractivity (Wildman–Crippen MR) is 64.1 cm³/mol. The van der Waals surface area contributed by atoms with E-state index >= 15 is 0 Å². The van der Waals surface area contributed by atoms with Gasteiger partial charge in [0.25, 0.3) is 0 Å². The van der Waals surface area contributed by atoms with E-state index in [0.717, 1.165) is 5.92 Å². The molecular weight excluding hydrogens is 290 g/mol. The summed E-state index contributed by atoms with van der Waals surface area (Å²) in [6, 6.07) is 0. The Kier molecular flexibility index (Phi) is 1.90. The average Bonchev–Trinajstić information content (AvgIpc) is 2.37. The molecule has 2 nitrogen and oxygen atoms in total. The van der Waals surface area contributed by atoms with Crippen molar-refractivity contribution < 1.29 is 9.31 Å². The Morgan fingerprint density at radius 1 is 1.29 bits per heavy atom. The Morgan fingerprint density at radius 2 is 2.00 bits per heavy atom. The molecule has 4 rings (SSSR count). The van der Waals surface area contributed by atoms with Crippen LogP contribution in [0.25, 0.3) is 0 Å². The highest BCUT2D eigenvalue weighted by Gasteiger charge is 2.67. The van der Waals surface area contributed by atoms with Crippen LogP contribution >= 0.6 is 22.4 Å². The maximum atomic E-state index is 6.00. The third-order valence-electron chi connectivity index (χ3n) is 4.92. The molecule has 1 aliphatic heterocycles. The molecule has 0 aromatic heterocycles. The smallest absolute Gasteiger partial charge is 0.397 e. The van der Waals surface area contributed by atoms with E-state index in [0.29, 0.717) is 17.4 Å². The minimum Gasteiger partial charge on any atom is -0.397 e. The molecular formula is C10H16BIO2. The Morgan fingerprint density at radius 3 is 2.64 bits per heavy atom. The van der Waals surface area contributed by atoms with Crippen LogP contribution < -0.4 is 0 Å². The molecule has 3 saturated carbocycles. The maximum absolute atomic E-state index is 6.00. The highest BCUT2D eigenvalue weighted by atomic mass is 127. The standard InChI is InChI=1S/C10H16BIO2/c1-9(2)6-4-7(9)10(3)8(5-6)13-11(12)14-10/h6-8H,4-5H2,1-3H3/t6-,7-,8+,10-/m1/s1. The van der Waals surface area contributed by atoms with E-state index in [1.807, 2.05) is 0 Å². The number of hydrogen-bond acceptors (Lipinski definition) is 2. The van der Waals surface area contributed by atoms with Gasteiger partial charge in [0.2, 0.25) is 0 Å². The second kappa shape index (κ2) is 2.69. The minimum atomic E-state index is -0.0299. The molecule has 0 amide bonds. The summed E-state index contributed by atoms with van der Waals surface area (Å²) in [5.74, 6) is 1.55. The first-order valence-electron chi connectivity index (χ1n) is 5.42. The molecule has 0 radical (unpaired) electrons. The van der Waals surface area contributed by atoms with Crippen molar-refractivity contribution in [3.8, 4) is 0 Å². The van der Waals surface area contributed by atoms with E-state index in [2.05, 4.69) is 43.1 Å². The van der Waals surface area contributed by atoms with Crippen molar-refractivity contribution >= 4 is 27.3 Å². The van der Waals surface area contributed by atoms with Gasteiger partial charge in [-0.2, -0.15) is 0 Å². The molecule has 0 aromatic carbocycles. The molecule has 4 heteroatoms. The second-order valence-corrected chi connectivity index (χ2v) is 6.76. The van der Waals surface area contributed by atoms with Gasteiger partial charge >= 0.3 is 4.97 Å². The Hall–Kier alpha value is 0.715. The molecule has 0 aromatic rings. The van der Waals surface area contributed by atoms with E-state index in [1.54, 1.807) is 0 Å². The van der Waals surface area contributed by atoms with Crippen molar-refractivity contribution in [1.82, 2.24) is 0 Å². The lowest BCUT2D eigenvalue weighted by atomic mass is 9.43. The van der Waals surface area contributed by atoms with E-state index < -0.39 is 0 Å². The normalized spacial score (nSPS) is 54.0. The van der Waals surface area contributed by atoms with Gasteiger partial charge in [-0.25, -0.2) is 0 Å². The summed E-state index contributed by atoms with van der Waals surface area (Å²) in [6.45, 7) is 7.02. The second-order valence-electron chi connectivity index (χ2n) is 5.74. The summed E-state index contributed by atoms with van der Waals surface area (Å²) in [6.07, 6.45) is 2.88. The van der Waals surface area contributed by atoms with Crippen LogP contribution in [0.3, 0.4) is 0 Å². The van der Waals surface area contributed by atoms with Crippen LogP contribution in [0.15, 0.2) is 0 Å². The largest absolute Gasteiger partial charge is 0.533 e. The van der Waals surface area contributed by atoms with Crippen LogP contribution in [0.5, 0.6) is 0 Å². The molecule has 1 heterocycles. The molecule has 1 saturated heterocycles. The molecule has 4 fully saturated rings. The third kappa shape index (κ3) is 1.00. The average molecular weight is 306 g/mol. The summed E-state index contributed by atoms with van der Waals surface area (Å²) < 4.78 is 11.8. The lowest BCUT2D eigenvalue weighted by molar-refractivity contribution is -0.199. The van der Waals surface area contributed by atoms with Gasteiger partial charge in [-0.15, -0.1) is 0 Å².